The van der Waals surface area contributed by atoms with Gasteiger partial charge in [0.2, 0.25) is 0 Å². The molecule has 120 heavy (non-hydrogen) atoms. The Morgan fingerprint density at radius 3 is 0.942 bits per heavy atom. The minimum Gasteiger partial charge on any atom is -0.309 e. The van der Waals surface area contributed by atoms with Crippen LogP contribution in [-0.4, -0.2) is 38.2 Å². The van der Waals surface area contributed by atoms with E-state index in [4.69, 9.17) is 19.9 Å². The van der Waals surface area contributed by atoms with Crippen molar-refractivity contribution in [1.82, 2.24) is 38.2 Å². The molecular weight excluding hydrogens is 1460 g/mol. The van der Waals surface area contributed by atoms with Crippen molar-refractivity contribution in [3.63, 3.8) is 0 Å². The Kier molecular flexibility index (Phi) is 16.7. The molecule has 560 valence electrons. The van der Waals surface area contributed by atoms with Crippen LogP contribution in [0.2, 0.25) is 0 Å². The second-order valence-corrected chi connectivity index (χ2v) is 30.8. The number of fused-ring (bicyclic) bond motifs is 16. The molecular formula is C112H72N8. The quantitative estimate of drug-likeness (QED) is 0.122. The Labute approximate surface area is 692 Å². The van der Waals surface area contributed by atoms with Crippen LogP contribution < -0.4 is 0 Å². The first-order valence-electron chi connectivity index (χ1n) is 40.8. The predicted molar refractivity (Wildman–Crippen MR) is 500 cm³/mol. The van der Waals surface area contributed by atoms with Gasteiger partial charge in [-0.05, 0) is 148 Å². The molecule has 24 aromatic rings. The van der Waals surface area contributed by atoms with Gasteiger partial charge in [-0.25, -0.2) is 19.9 Å². The van der Waals surface area contributed by atoms with E-state index < -0.39 is 0 Å². The van der Waals surface area contributed by atoms with Gasteiger partial charge in [0.1, 0.15) is 0 Å². The van der Waals surface area contributed by atoms with E-state index in [-0.39, 0.29) is 0 Å². The highest BCUT2D eigenvalue weighted by Crippen LogP contribution is 2.47. The molecule has 18 aromatic carbocycles. The van der Waals surface area contributed by atoms with E-state index in [1.165, 1.54) is 109 Å². The molecule has 0 atom stereocenters. The van der Waals surface area contributed by atoms with Crippen LogP contribution >= 0.6 is 0 Å². The number of hydrogen-bond acceptors (Lipinski definition) is 4. The summed E-state index contributed by atoms with van der Waals surface area (Å²) < 4.78 is 9.68. The summed E-state index contributed by atoms with van der Waals surface area (Å²) in [6.45, 7) is 0. The fraction of sp³-hybridized carbons (Fsp3) is 0. The van der Waals surface area contributed by atoms with Crippen LogP contribution in [0.4, 0.5) is 0 Å². The highest BCUT2D eigenvalue weighted by Gasteiger charge is 2.25. The van der Waals surface area contributed by atoms with E-state index in [9.17, 15) is 0 Å². The van der Waals surface area contributed by atoms with Crippen molar-refractivity contribution in [3.05, 3.63) is 437 Å². The van der Waals surface area contributed by atoms with E-state index in [0.717, 1.165) is 100 Å². The third-order valence-electron chi connectivity index (χ3n) is 23.9. The molecule has 0 fully saturated rings. The fourth-order valence-corrected chi connectivity index (χ4v) is 18.4. The smallest absolute Gasteiger partial charge is 0.160 e. The molecule has 0 spiro atoms. The molecule has 6 aromatic heterocycles. The first-order valence-corrected chi connectivity index (χ1v) is 40.8. The summed E-state index contributed by atoms with van der Waals surface area (Å²) in [6.07, 6.45) is 0. The molecule has 0 saturated heterocycles. The minimum absolute atomic E-state index is 0.694. The summed E-state index contributed by atoms with van der Waals surface area (Å²) in [5.74, 6) is 1.40. The highest BCUT2D eigenvalue weighted by molar-refractivity contribution is 6.30. The van der Waals surface area contributed by atoms with Crippen molar-refractivity contribution in [2.45, 2.75) is 0 Å². The van der Waals surface area contributed by atoms with Crippen LogP contribution in [0.3, 0.4) is 0 Å². The molecule has 0 unspecified atom stereocenters. The largest absolute Gasteiger partial charge is 0.309 e. The molecule has 6 heterocycles. The van der Waals surface area contributed by atoms with E-state index >= 15 is 0 Å². The molecule has 0 radical (unpaired) electrons. The van der Waals surface area contributed by atoms with Gasteiger partial charge in [0.25, 0.3) is 0 Å². The standard InChI is InChI=1S/2C56H36N4/c1-4-15-37(16-5-1)38-27-29-39(30-28-38)48-36-49(58-56(57-48)40-17-6-2-7-18-40)45-24-14-19-41-35-43(31-32-44(41)45)60-51-26-13-11-23-47(51)55-53(60)34-33-52-54(55)46-22-10-12-25-50(46)59(52)42-20-8-3-9-21-42;1-4-15-37(16-5-1)38-27-29-40(30-28-38)48-36-47(39-17-6-2-7-18-39)57-56(58-48)42-31-32-44-41(35-42)19-14-26-49(44)60-51-25-13-11-23-46(51)55-53(60)34-33-52-54(55)45-22-10-12-24-50(45)59(52)43-20-8-3-9-21-43/h2*1-36H. The molecule has 0 bridgehead atoms. The molecule has 8 heteroatoms. The summed E-state index contributed by atoms with van der Waals surface area (Å²) in [7, 11) is 0. The average molecular weight is 1530 g/mol. The lowest BCUT2D eigenvalue weighted by atomic mass is 9.99. The Hall–Kier alpha value is -16.2. The lowest BCUT2D eigenvalue weighted by Crippen LogP contribution is -1.97. The van der Waals surface area contributed by atoms with Crippen LogP contribution in [0.15, 0.2) is 437 Å². The average Bonchev–Trinajstić information content (AvgIpc) is 1.55. The minimum atomic E-state index is 0.694. The van der Waals surface area contributed by atoms with E-state index in [0.29, 0.717) is 11.6 Å². The lowest BCUT2D eigenvalue weighted by Gasteiger charge is -2.14. The monoisotopic (exact) mass is 1530 g/mol. The number of para-hydroxylation sites is 6. The van der Waals surface area contributed by atoms with Crippen molar-refractivity contribution in [1.29, 1.82) is 0 Å². The molecule has 0 amide bonds. The summed E-state index contributed by atoms with van der Waals surface area (Å²) in [6, 6.07) is 156. The first kappa shape index (κ1) is 69.4. The van der Waals surface area contributed by atoms with Crippen molar-refractivity contribution < 1.29 is 0 Å². The molecule has 0 aliphatic carbocycles. The van der Waals surface area contributed by atoms with Gasteiger partial charge in [-0.3, -0.25) is 0 Å². The normalized spacial score (nSPS) is 11.7. The Morgan fingerprint density at radius 1 is 0.158 bits per heavy atom. The van der Waals surface area contributed by atoms with Gasteiger partial charge in [-0.15, -0.1) is 0 Å². The highest BCUT2D eigenvalue weighted by atomic mass is 15.0. The predicted octanol–water partition coefficient (Wildman–Crippen LogP) is 29.0. The third-order valence-corrected chi connectivity index (χ3v) is 23.9. The summed E-state index contributed by atoms with van der Waals surface area (Å²) >= 11 is 0. The first-order chi connectivity index (χ1) is 59.5. The topological polar surface area (TPSA) is 71.3 Å². The Balaban J connectivity index is 0.000000140. The molecule has 8 nitrogen and oxygen atoms in total. The summed E-state index contributed by atoms with van der Waals surface area (Å²) in [5, 5.41) is 14.6. The van der Waals surface area contributed by atoms with Gasteiger partial charge in [-0.1, -0.05) is 328 Å². The van der Waals surface area contributed by atoms with E-state index in [1.807, 2.05) is 36.4 Å². The van der Waals surface area contributed by atoms with Gasteiger partial charge in [0, 0.05) is 98.9 Å². The lowest BCUT2D eigenvalue weighted by molar-refractivity contribution is 1.17. The zero-order valence-electron chi connectivity index (χ0n) is 65.1. The van der Waals surface area contributed by atoms with Gasteiger partial charge in [0.05, 0.1) is 72.6 Å². The van der Waals surface area contributed by atoms with E-state index in [1.54, 1.807) is 0 Å². The maximum absolute atomic E-state index is 5.23. The number of rotatable bonds is 12. The zero-order chi connectivity index (χ0) is 79.1. The third kappa shape index (κ3) is 11.8. The van der Waals surface area contributed by atoms with Crippen LogP contribution in [-0.2, 0) is 0 Å². The van der Waals surface area contributed by atoms with E-state index in [2.05, 4.69) is 419 Å². The summed E-state index contributed by atoms with van der Waals surface area (Å²) in [4.78, 5) is 20.8. The van der Waals surface area contributed by atoms with Gasteiger partial charge in [-0.2, -0.15) is 0 Å². The second-order valence-electron chi connectivity index (χ2n) is 30.8. The Morgan fingerprint density at radius 2 is 0.475 bits per heavy atom. The van der Waals surface area contributed by atoms with Gasteiger partial charge >= 0.3 is 0 Å². The van der Waals surface area contributed by atoms with Crippen molar-refractivity contribution in [3.8, 4) is 113 Å². The number of aromatic nitrogens is 8. The Bertz CT molecular complexity index is 8090. The molecule has 0 N–H and O–H groups in total. The maximum atomic E-state index is 5.23. The maximum Gasteiger partial charge on any atom is 0.160 e. The van der Waals surface area contributed by atoms with Crippen molar-refractivity contribution in [2.24, 2.45) is 0 Å². The number of nitrogens with zero attached hydrogens (tertiary/aromatic N) is 8. The summed E-state index contributed by atoms with van der Waals surface area (Å²) in [5.41, 5.74) is 28.5. The number of hydrogen-bond donors (Lipinski definition) is 0. The number of benzene rings is 18. The molecule has 24 rings (SSSR count). The fourth-order valence-electron chi connectivity index (χ4n) is 18.4. The molecule has 0 aliphatic rings. The van der Waals surface area contributed by atoms with Crippen LogP contribution in [0, 0.1) is 0 Å². The van der Waals surface area contributed by atoms with Crippen molar-refractivity contribution >= 4 is 109 Å². The zero-order valence-corrected chi connectivity index (χ0v) is 65.1. The van der Waals surface area contributed by atoms with Crippen LogP contribution in [0.25, 0.3) is 222 Å². The molecule has 0 aliphatic heterocycles. The van der Waals surface area contributed by atoms with Crippen LogP contribution in [0.1, 0.15) is 0 Å². The van der Waals surface area contributed by atoms with Gasteiger partial charge < -0.3 is 18.3 Å². The van der Waals surface area contributed by atoms with Gasteiger partial charge in [0.15, 0.2) is 11.6 Å². The van der Waals surface area contributed by atoms with Crippen molar-refractivity contribution in [2.75, 3.05) is 0 Å². The van der Waals surface area contributed by atoms with Crippen LogP contribution in [0.5, 0.6) is 0 Å². The second kappa shape index (κ2) is 29.0. The molecule has 0 saturated carbocycles. The SMILES string of the molecule is c1ccc(-c2ccc(-c3cc(-c4cccc5cc(-n6c7ccccc7c7c8c9ccccc9n(-c9ccccc9)c8ccc76)ccc45)nc(-c4ccccc4)n3)cc2)cc1.c1ccc(-c2ccc(-c3cc(-c4ccccc4)nc(-c4ccc5c(-n6c7ccccc7c7c8c9ccccc9n(-c9ccccc9)c8ccc76)cccc5c4)n3)cc2)cc1.